The zero-order valence-electron chi connectivity index (χ0n) is 11.3. The average molecular weight is 264 g/mol. The molecular formula is C14H20N2O3. The van der Waals surface area contributed by atoms with Crippen molar-refractivity contribution in [2.24, 2.45) is 0 Å². The Balaban J connectivity index is 2.15. The molecule has 0 radical (unpaired) electrons. The third kappa shape index (κ3) is 3.17. The van der Waals surface area contributed by atoms with Gasteiger partial charge in [-0.15, -0.1) is 0 Å². The van der Waals surface area contributed by atoms with Gasteiger partial charge >= 0.3 is 5.97 Å². The van der Waals surface area contributed by atoms with Crippen molar-refractivity contribution in [2.75, 3.05) is 17.7 Å². The Kier molecular flexibility index (Phi) is 3.66. The van der Waals surface area contributed by atoms with Crippen LogP contribution in [0.15, 0.2) is 18.2 Å². The third-order valence-electron chi connectivity index (χ3n) is 3.39. The molecule has 1 aromatic rings. The van der Waals surface area contributed by atoms with E-state index in [-0.39, 0.29) is 17.2 Å². The van der Waals surface area contributed by atoms with Crippen LogP contribution >= 0.6 is 0 Å². The molecule has 1 aromatic carbocycles. The van der Waals surface area contributed by atoms with Crippen LogP contribution in [0.4, 0.5) is 11.4 Å². The molecule has 5 heteroatoms. The molecule has 0 spiro atoms. The summed E-state index contributed by atoms with van der Waals surface area (Å²) in [5.74, 6) is -1.01. The summed E-state index contributed by atoms with van der Waals surface area (Å²) in [6, 6.07) is 5.27. The van der Waals surface area contributed by atoms with Crippen molar-refractivity contribution in [3.8, 4) is 0 Å². The van der Waals surface area contributed by atoms with Crippen LogP contribution in [-0.4, -0.2) is 29.3 Å². The highest BCUT2D eigenvalue weighted by atomic mass is 16.5. The molecule has 1 aliphatic heterocycles. The molecule has 0 amide bonds. The molecule has 1 saturated heterocycles. The fourth-order valence-electron chi connectivity index (χ4n) is 2.45. The number of hydrogen-bond acceptors (Lipinski definition) is 4. The highest BCUT2D eigenvalue weighted by Crippen LogP contribution is 2.29. The Bertz CT molecular complexity index is 486. The lowest BCUT2D eigenvalue weighted by Crippen LogP contribution is -2.40. The normalized spacial score (nSPS) is 21.9. The second-order valence-corrected chi connectivity index (χ2v) is 5.51. The number of carboxylic acid groups (broad SMARTS) is 1. The second-order valence-electron chi connectivity index (χ2n) is 5.51. The van der Waals surface area contributed by atoms with Gasteiger partial charge in [-0.3, -0.25) is 0 Å². The lowest BCUT2D eigenvalue weighted by molar-refractivity contribution is -0.0553. The van der Waals surface area contributed by atoms with Crippen molar-refractivity contribution in [2.45, 2.75) is 38.3 Å². The van der Waals surface area contributed by atoms with Gasteiger partial charge in [0.2, 0.25) is 0 Å². The van der Waals surface area contributed by atoms with Crippen molar-refractivity contribution >= 4 is 17.3 Å². The van der Waals surface area contributed by atoms with Gasteiger partial charge in [0.05, 0.1) is 22.5 Å². The zero-order chi connectivity index (χ0) is 14.0. The number of benzene rings is 1. The van der Waals surface area contributed by atoms with Gasteiger partial charge in [-0.25, -0.2) is 4.79 Å². The topological polar surface area (TPSA) is 84.6 Å². The van der Waals surface area contributed by atoms with E-state index in [9.17, 15) is 4.79 Å². The fourth-order valence-corrected chi connectivity index (χ4v) is 2.45. The largest absolute Gasteiger partial charge is 0.478 e. The van der Waals surface area contributed by atoms with Gasteiger partial charge in [-0.1, -0.05) is 6.07 Å². The smallest absolute Gasteiger partial charge is 0.337 e. The molecule has 1 heterocycles. The van der Waals surface area contributed by atoms with E-state index in [4.69, 9.17) is 15.6 Å². The molecule has 104 valence electrons. The number of ether oxygens (including phenoxy) is 1. The first kappa shape index (κ1) is 13.7. The van der Waals surface area contributed by atoms with Gasteiger partial charge in [0.1, 0.15) is 0 Å². The van der Waals surface area contributed by atoms with Gasteiger partial charge in [-0.2, -0.15) is 0 Å². The summed E-state index contributed by atoms with van der Waals surface area (Å²) in [6.07, 6.45) is 1.75. The van der Waals surface area contributed by atoms with E-state index in [1.54, 1.807) is 6.07 Å². The lowest BCUT2D eigenvalue weighted by atomic mass is 9.93. The molecule has 1 atom stereocenters. The first-order chi connectivity index (χ1) is 8.89. The highest BCUT2D eigenvalue weighted by molar-refractivity contribution is 5.97. The number of nitrogen functional groups attached to an aromatic ring is 1. The second kappa shape index (κ2) is 5.09. The van der Waals surface area contributed by atoms with Gasteiger partial charge in [0, 0.05) is 12.6 Å². The predicted molar refractivity (Wildman–Crippen MR) is 74.5 cm³/mol. The van der Waals surface area contributed by atoms with Crippen molar-refractivity contribution in [3.05, 3.63) is 23.8 Å². The molecule has 0 saturated carbocycles. The van der Waals surface area contributed by atoms with Crippen molar-refractivity contribution < 1.29 is 14.6 Å². The minimum absolute atomic E-state index is 0.135. The van der Waals surface area contributed by atoms with Crippen LogP contribution in [0.25, 0.3) is 0 Å². The van der Waals surface area contributed by atoms with Gasteiger partial charge < -0.3 is 20.9 Å². The predicted octanol–water partition coefficient (Wildman–Crippen LogP) is 2.34. The van der Waals surface area contributed by atoms with Gasteiger partial charge in [0.15, 0.2) is 0 Å². The van der Waals surface area contributed by atoms with E-state index in [1.165, 1.54) is 6.07 Å². The number of nitrogens with one attached hydrogen (secondary N) is 1. The first-order valence-electron chi connectivity index (χ1n) is 6.41. The maximum atomic E-state index is 11.0. The van der Waals surface area contributed by atoms with Crippen LogP contribution in [0.5, 0.6) is 0 Å². The summed E-state index contributed by atoms with van der Waals surface area (Å²) in [5, 5.41) is 12.4. The number of aromatic carboxylic acids is 1. The van der Waals surface area contributed by atoms with E-state index in [0.29, 0.717) is 18.0 Å². The molecule has 0 aliphatic carbocycles. The molecule has 2 rings (SSSR count). The van der Waals surface area contributed by atoms with Crippen LogP contribution in [0, 0.1) is 0 Å². The number of hydrogen-bond donors (Lipinski definition) is 3. The Labute approximate surface area is 112 Å². The van der Waals surface area contributed by atoms with E-state index in [1.807, 2.05) is 6.07 Å². The SMILES string of the molecule is CC1(C)CC(Nc2cccc(C(=O)O)c2N)CCO1. The molecule has 1 fully saturated rings. The minimum Gasteiger partial charge on any atom is -0.478 e. The quantitative estimate of drug-likeness (QED) is 0.730. The molecule has 19 heavy (non-hydrogen) atoms. The van der Waals surface area contributed by atoms with Gasteiger partial charge in [-0.05, 0) is 38.8 Å². The maximum Gasteiger partial charge on any atom is 0.337 e. The summed E-state index contributed by atoms with van der Waals surface area (Å²) in [4.78, 5) is 11.0. The Morgan fingerprint density at radius 2 is 2.26 bits per heavy atom. The van der Waals surface area contributed by atoms with E-state index in [0.717, 1.165) is 12.8 Å². The summed E-state index contributed by atoms with van der Waals surface area (Å²) < 4.78 is 5.66. The average Bonchev–Trinajstić information content (AvgIpc) is 2.30. The van der Waals surface area contributed by atoms with Crippen LogP contribution in [0.3, 0.4) is 0 Å². The van der Waals surface area contributed by atoms with Crippen LogP contribution in [0.1, 0.15) is 37.0 Å². The number of carbonyl (C=O) groups is 1. The zero-order valence-corrected chi connectivity index (χ0v) is 11.3. The van der Waals surface area contributed by atoms with E-state index in [2.05, 4.69) is 19.2 Å². The molecule has 4 N–H and O–H groups in total. The first-order valence-corrected chi connectivity index (χ1v) is 6.41. The summed E-state index contributed by atoms with van der Waals surface area (Å²) in [5.41, 5.74) is 6.85. The van der Waals surface area contributed by atoms with Crippen molar-refractivity contribution in [1.29, 1.82) is 0 Å². The molecular weight excluding hydrogens is 244 g/mol. The van der Waals surface area contributed by atoms with Crippen LogP contribution in [0.2, 0.25) is 0 Å². The Hall–Kier alpha value is -1.75. The molecule has 0 bridgehead atoms. The van der Waals surface area contributed by atoms with E-state index >= 15 is 0 Å². The highest BCUT2D eigenvalue weighted by Gasteiger charge is 2.29. The summed E-state index contributed by atoms with van der Waals surface area (Å²) in [6.45, 7) is 4.80. The minimum atomic E-state index is -1.01. The van der Waals surface area contributed by atoms with E-state index < -0.39 is 5.97 Å². The van der Waals surface area contributed by atoms with Crippen LogP contribution < -0.4 is 11.1 Å². The van der Waals surface area contributed by atoms with Crippen LogP contribution in [-0.2, 0) is 4.74 Å². The lowest BCUT2D eigenvalue weighted by Gasteiger charge is -2.36. The molecule has 1 aliphatic rings. The number of anilines is 2. The fraction of sp³-hybridized carbons (Fsp3) is 0.500. The number of nitrogens with two attached hydrogens (primary N) is 1. The monoisotopic (exact) mass is 264 g/mol. The Morgan fingerprint density at radius 3 is 2.89 bits per heavy atom. The van der Waals surface area contributed by atoms with Crippen molar-refractivity contribution in [1.82, 2.24) is 0 Å². The summed E-state index contributed by atoms with van der Waals surface area (Å²) in [7, 11) is 0. The third-order valence-corrected chi connectivity index (χ3v) is 3.39. The molecule has 1 unspecified atom stereocenters. The Morgan fingerprint density at radius 1 is 1.53 bits per heavy atom. The number of carboxylic acids is 1. The maximum absolute atomic E-state index is 11.0. The molecule has 5 nitrogen and oxygen atoms in total. The number of rotatable bonds is 3. The molecule has 0 aromatic heterocycles. The standard InChI is InChI=1S/C14H20N2O3/c1-14(2)8-9(6-7-19-14)16-11-5-3-4-10(12(11)15)13(17)18/h3-5,9,16H,6-8,15H2,1-2H3,(H,17,18). The van der Waals surface area contributed by atoms with Gasteiger partial charge in [0.25, 0.3) is 0 Å². The summed E-state index contributed by atoms with van der Waals surface area (Å²) >= 11 is 0. The number of para-hydroxylation sites is 1. The van der Waals surface area contributed by atoms with Crippen molar-refractivity contribution in [3.63, 3.8) is 0 Å².